The van der Waals surface area contributed by atoms with E-state index >= 15 is 0 Å². The second-order valence-corrected chi connectivity index (χ2v) is 7.91. The largest absolute Gasteiger partial charge is 0.396 e. The van der Waals surface area contributed by atoms with E-state index in [9.17, 15) is 13.5 Å². The summed E-state index contributed by atoms with van der Waals surface area (Å²) in [6, 6.07) is 3.16. The molecule has 2 fully saturated rings. The molecule has 0 aromatic carbocycles. The molecule has 0 bridgehead atoms. The van der Waals surface area contributed by atoms with Crippen LogP contribution in [0.2, 0.25) is 0 Å². The van der Waals surface area contributed by atoms with Gasteiger partial charge in [-0.15, -0.1) is 0 Å². The van der Waals surface area contributed by atoms with Gasteiger partial charge in [0, 0.05) is 25.2 Å². The molecule has 2 atom stereocenters. The van der Waals surface area contributed by atoms with E-state index in [1.165, 1.54) is 10.5 Å². The fraction of sp³-hybridized carbons (Fsp3) is 0.643. The topological polar surface area (TPSA) is 96.5 Å². The lowest BCUT2D eigenvalue weighted by atomic mass is 9.72. The number of aliphatic hydroxyl groups is 1. The zero-order chi connectivity index (χ0) is 15.1. The standard InChI is InChI=1S/C14H21N3O3S/c15-12-5-3-8-16-13(12)21(19,20)17-9-7-14(18)6-2-1-4-11(14)10-17/h3,5,8,11,18H,1-2,4,6-7,9-10,15H2. The van der Waals surface area contributed by atoms with Gasteiger partial charge in [0.1, 0.15) is 0 Å². The number of hydrogen-bond donors (Lipinski definition) is 2. The van der Waals surface area contributed by atoms with Gasteiger partial charge < -0.3 is 10.8 Å². The SMILES string of the molecule is Nc1cccnc1S(=O)(=O)N1CCC2(O)CCCCC2C1. The number of hydrogen-bond acceptors (Lipinski definition) is 5. The Kier molecular flexibility index (Phi) is 3.67. The fourth-order valence-corrected chi connectivity index (χ4v) is 5.01. The number of pyridine rings is 1. The first-order valence-electron chi connectivity index (χ1n) is 7.36. The van der Waals surface area contributed by atoms with Crippen molar-refractivity contribution >= 4 is 15.7 Å². The summed E-state index contributed by atoms with van der Waals surface area (Å²) in [7, 11) is -3.68. The summed E-state index contributed by atoms with van der Waals surface area (Å²) >= 11 is 0. The summed E-state index contributed by atoms with van der Waals surface area (Å²) in [5.74, 6) is 0.0136. The molecule has 0 spiro atoms. The molecule has 2 unspecified atom stereocenters. The molecule has 1 aliphatic carbocycles. The van der Waals surface area contributed by atoms with Crippen LogP contribution in [0.4, 0.5) is 5.69 Å². The highest BCUT2D eigenvalue weighted by Crippen LogP contribution is 2.41. The first kappa shape index (κ1) is 14.7. The molecule has 7 heteroatoms. The number of rotatable bonds is 2. The lowest BCUT2D eigenvalue weighted by molar-refractivity contribution is -0.0816. The molecule has 2 aliphatic rings. The molecule has 1 aromatic rings. The number of fused-ring (bicyclic) bond motifs is 1. The molecule has 3 rings (SSSR count). The lowest BCUT2D eigenvalue weighted by Crippen LogP contribution is -2.54. The van der Waals surface area contributed by atoms with Crippen molar-refractivity contribution in [3.05, 3.63) is 18.3 Å². The summed E-state index contributed by atoms with van der Waals surface area (Å²) < 4.78 is 26.8. The van der Waals surface area contributed by atoms with Gasteiger partial charge in [-0.25, -0.2) is 13.4 Å². The highest BCUT2D eigenvalue weighted by molar-refractivity contribution is 7.89. The van der Waals surface area contributed by atoms with Crippen molar-refractivity contribution < 1.29 is 13.5 Å². The predicted molar refractivity (Wildman–Crippen MR) is 78.9 cm³/mol. The van der Waals surface area contributed by atoms with Gasteiger partial charge in [-0.3, -0.25) is 0 Å². The highest BCUT2D eigenvalue weighted by Gasteiger charge is 2.46. The smallest absolute Gasteiger partial charge is 0.262 e. The Bertz CT molecular complexity index is 634. The van der Waals surface area contributed by atoms with E-state index in [1.54, 1.807) is 12.1 Å². The molecular weight excluding hydrogens is 290 g/mol. The zero-order valence-corrected chi connectivity index (χ0v) is 12.7. The van der Waals surface area contributed by atoms with Crippen molar-refractivity contribution in [2.75, 3.05) is 18.8 Å². The number of anilines is 1. The molecule has 1 aliphatic heterocycles. The molecule has 1 aromatic heterocycles. The second-order valence-electron chi connectivity index (χ2n) is 6.06. The summed E-state index contributed by atoms with van der Waals surface area (Å²) in [6.45, 7) is 0.681. The van der Waals surface area contributed by atoms with Crippen LogP contribution in [-0.4, -0.2) is 41.5 Å². The van der Waals surface area contributed by atoms with Gasteiger partial charge in [-0.2, -0.15) is 4.31 Å². The number of sulfonamides is 1. The zero-order valence-electron chi connectivity index (χ0n) is 11.9. The van der Waals surface area contributed by atoms with Crippen molar-refractivity contribution in [3.8, 4) is 0 Å². The third-order valence-corrected chi connectivity index (χ3v) is 6.62. The van der Waals surface area contributed by atoms with E-state index in [1.807, 2.05) is 0 Å². The van der Waals surface area contributed by atoms with Crippen LogP contribution in [0.15, 0.2) is 23.4 Å². The van der Waals surface area contributed by atoms with Crippen molar-refractivity contribution in [3.63, 3.8) is 0 Å². The van der Waals surface area contributed by atoms with Gasteiger partial charge in [0.15, 0.2) is 5.03 Å². The molecule has 3 N–H and O–H groups in total. The van der Waals surface area contributed by atoms with Crippen molar-refractivity contribution in [2.45, 2.75) is 42.7 Å². The van der Waals surface area contributed by atoms with Gasteiger partial charge in [-0.05, 0) is 31.4 Å². The number of piperidine rings is 1. The van der Waals surface area contributed by atoms with Gasteiger partial charge in [0.25, 0.3) is 10.0 Å². The molecule has 6 nitrogen and oxygen atoms in total. The average Bonchev–Trinajstić information content (AvgIpc) is 2.46. The van der Waals surface area contributed by atoms with Crippen LogP contribution in [0.25, 0.3) is 0 Å². The van der Waals surface area contributed by atoms with Gasteiger partial charge in [-0.1, -0.05) is 12.8 Å². The van der Waals surface area contributed by atoms with Gasteiger partial charge >= 0.3 is 0 Å². The Morgan fingerprint density at radius 1 is 1.38 bits per heavy atom. The first-order valence-corrected chi connectivity index (χ1v) is 8.80. The van der Waals surface area contributed by atoms with Crippen LogP contribution in [-0.2, 0) is 10.0 Å². The van der Waals surface area contributed by atoms with Crippen LogP contribution in [0.5, 0.6) is 0 Å². The highest BCUT2D eigenvalue weighted by atomic mass is 32.2. The van der Waals surface area contributed by atoms with Crippen LogP contribution in [0.3, 0.4) is 0 Å². The molecule has 0 amide bonds. The van der Waals surface area contributed by atoms with Crippen LogP contribution >= 0.6 is 0 Å². The Labute approximate surface area is 125 Å². The molecule has 2 heterocycles. The molecule has 1 saturated carbocycles. The Morgan fingerprint density at radius 2 is 2.19 bits per heavy atom. The van der Waals surface area contributed by atoms with E-state index in [0.29, 0.717) is 19.5 Å². The second kappa shape index (κ2) is 5.23. The summed E-state index contributed by atoms with van der Waals surface area (Å²) in [6.07, 6.45) is 5.64. The third-order valence-electron chi connectivity index (χ3n) is 4.78. The molecule has 116 valence electrons. The van der Waals surface area contributed by atoms with E-state index < -0.39 is 15.6 Å². The average molecular weight is 311 g/mol. The number of aromatic nitrogens is 1. The number of nitrogens with two attached hydrogens (primary N) is 1. The van der Waals surface area contributed by atoms with Crippen LogP contribution in [0, 0.1) is 5.92 Å². The maximum Gasteiger partial charge on any atom is 0.262 e. The van der Waals surface area contributed by atoms with Gasteiger partial charge in [0.05, 0.1) is 11.3 Å². The van der Waals surface area contributed by atoms with Crippen molar-refractivity contribution in [1.82, 2.24) is 9.29 Å². The lowest BCUT2D eigenvalue weighted by Gasteiger charge is -2.46. The van der Waals surface area contributed by atoms with E-state index in [-0.39, 0.29) is 16.6 Å². The summed E-state index contributed by atoms with van der Waals surface area (Å²) in [5.41, 5.74) is 5.23. The van der Waals surface area contributed by atoms with E-state index in [2.05, 4.69) is 4.98 Å². The molecular formula is C14H21N3O3S. The van der Waals surface area contributed by atoms with E-state index in [0.717, 1.165) is 25.7 Å². The molecule has 0 radical (unpaired) electrons. The minimum atomic E-state index is -3.68. The Morgan fingerprint density at radius 3 is 2.95 bits per heavy atom. The van der Waals surface area contributed by atoms with Crippen molar-refractivity contribution in [1.29, 1.82) is 0 Å². The summed E-state index contributed by atoms with van der Waals surface area (Å²) in [4.78, 5) is 3.93. The maximum atomic E-state index is 12.7. The van der Waals surface area contributed by atoms with Gasteiger partial charge in [0.2, 0.25) is 0 Å². The van der Waals surface area contributed by atoms with Crippen LogP contribution in [0.1, 0.15) is 32.1 Å². The Hall–Kier alpha value is -1.18. The Balaban J connectivity index is 1.86. The summed E-state index contributed by atoms with van der Waals surface area (Å²) in [5, 5.41) is 10.6. The fourth-order valence-electron chi connectivity index (χ4n) is 3.50. The maximum absolute atomic E-state index is 12.7. The van der Waals surface area contributed by atoms with Crippen LogP contribution < -0.4 is 5.73 Å². The quantitative estimate of drug-likeness (QED) is 0.848. The van der Waals surface area contributed by atoms with E-state index in [4.69, 9.17) is 5.73 Å². The third kappa shape index (κ3) is 2.54. The minimum Gasteiger partial charge on any atom is -0.396 e. The predicted octanol–water partition coefficient (Wildman–Crippen LogP) is 0.979. The monoisotopic (exact) mass is 311 g/mol. The number of nitrogen functional groups attached to an aromatic ring is 1. The first-order chi connectivity index (χ1) is 9.93. The number of nitrogens with zero attached hydrogens (tertiary/aromatic N) is 2. The van der Waals surface area contributed by atoms with Crippen molar-refractivity contribution in [2.24, 2.45) is 5.92 Å². The minimum absolute atomic E-state index is 0.0136. The normalized spacial score (nSPS) is 30.8. The molecule has 21 heavy (non-hydrogen) atoms. The molecule has 1 saturated heterocycles.